The predicted molar refractivity (Wildman–Crippen MR) is 113 cm³/mol. The van der Waals surface area contributed by atoms with Gasteiger partial charge in [0.1, 0.15) is 23.9 Å². The van der Waals surface area contributed by atoms with Crippen LogP contribution in [0.25, 0.3) is 0 Å². The smallest absolute Gasteiger partial charge is 0.186 e. The van der Waals surface area contributed by atoms with E-state index in [2.05, 4.69) is 0 Å². The van der Waals surface area contributed by atoms with Crippen LogP contribution in [0, 0.1) is 0 Å². The van der Waals surface area contributed by atoms with E-state index >= 15 is 0 Å². The molecule has 1 fully saturated rings. The van der Waals surface area contributed by atoms with E-state index in [-0.39, 0.29) is 6.61 Å². The fourth-order valence-electron chi connectivity index (χ4n) is 4.02. The molecule has 156 valence electrons. The summed E-state index contributed by atoms with van der Waals surface area (Å²) in [5.41, 5.74) is 1.96. The monoisotopic (exact) mass is 406 g/mol. The second-order valence-corrected chi connectivity index (χ2v) is 7.35. The van der Waals surface area contributed by atoms with Crippen molar-refractivity contribution in [3.05, 3.63) is 108 Å². The largest absolute Gasteiger partial charge is 0.387 e. The van der Waals surface area contributed by atoms with Crippen LogP contribution < -0.4 is 0 Å². The Labute approximate surface area is 176 Å². The first-order valence-electron chi connectivity index (χ1n) is 10.0. The van der Waals surface area contributed by atoms with Gasteiger partial charge in [0.25, 0.3) is 0 Å². The summed E-state index contributed by atoms with van der Waals surface area (Å²) in [6, 6.07) is 29.9. The van der Waals surface area contributed by atoms with Gasteiger partial charge in [-0.05, 0) is 16.7 Å². The van der Waals surface area contributed by atoms with Gasteiger partial charge in [-0.15, -0.1) is 0 Å². The summed E-state index contributed by atoms with van der Waals surface area (Å²) in [6.45, 7) is 0.0662. The zero-order valence-corrected chi connectivity index (χ0v) is 16.8. The molecule has 0 saturated carbocycles. The van der Waals surface area contributed by atoms with Crippen molar-refractivity contribution in [1.82, 2.24) is 0 Å². The van der Waals surface area contributed by atoms with Crippen molar-refractivity contribution in [2.24, 2.45) is 0 Å². The number of hydrogen-bond acceptors (Lipinski definition) is 5. The van der Waals surface area contributed by atoms with Gasteiger partial charge < -0.3 is 24.4 Å². The Kier molecular flexibility index (Phi) is 6.27. The molecule has 0 unspecified atom stereocenters. The quantitative estimate of drug-likeness (QED) is 0.590. The predicted octanol–water partition coefficient (Wildman–Crippen LogP) is 3.09. The van der Waals surface area contributed by atoms with Crippen molar-refractivity contribution in [3.63, 3.8) is 0 Å². The molecule has 3 aromatic carbocycles. The SMILES string of the molecule is CO[C@H]1O[C@H](COC(c2ccccc2)(c2ccccc2)c2ccccc2)[C@H](O)[C@@H]1O. The molecule has 4 atom stereocenters. The molecule has 0 aliphatic carbocycles. The lowest BCUT2D eigenvalue weighted by molar-refractivity contribution is -0.162. The lowest BCUT2D eigenvalue weighted by Gasteiger charge is -2.37. The normalized spacial score (nSPS) is 24.1. The first kappa shape index (κ1) is 20.7. The van der Waals surface area contributed by atoms with Gasteiger partial charge in [0.05, 0.1) is 6.61 Å². The van der Waals surface area contributed by atoms with E-state index in [0.717, 1.165) is 16.7 Å². The van der Waals surface area contributed by atoms with E-state index in [0.29, 0.717) is 0 Å². The Balaban J connectivity index is 1.78. The lowest BCUT2D eigenvalue weighted by atomic mass is 9.80. The zero-order chi connectivity index (χ0) is 21.0. The van der Waals surface area contributed by atoms with Crippen LogP contribution in [0.5, 0.6) is 0 Å². The number of benzene rings is 3. The van der Waals surface area contributed by atoms with Crippen LogP contribution in [0.3, 0.4) is 0 Å². The van der Waals surface area contributed by atoms with Crippen molar-refractivity contribution in [2.45, 2.75) is 30.2 Å². The standard InChI is InChI=1S/C25H26O5/c1-28-24-23(27)22(26)21(30-24)17-29-25(18-11-5-2-6-12-18,19-13-7-3-8-14-19)20-15-9-4-10-16-20/h2-16,21-24,26-27H,17H2,1H3/t21-,22+,23+,24+/m1/s1. The van der Waals surface area contributed by atoms with Crippen LogP contribution in [0.2, 0.25) is 0 Å². The van der Waals surface area contributed by atoms with Gasteiger partial charge in [0.2, 0.25) is 0 Å². The van der Waals surface area contributed by atoms with Crippen LogP contribution in [0.1, 0.15) is 16.7 Å². The summed E-state index contributed by atoms with van der Waals surface area (Å²) < 4.78 is 17.4. The molecule has 1 aliphatic heterocycles. The highest BCUT2D eigenvalue weighted by molar-refractivity contribution is 5.47. The fraction of sp³-hybridized carbons (Fsp3) is 0.280. The number of hydrogen-bond donors (Lipinski definition) is 2. The van der Waals surface area contributed by atoms with Gasteiger partial charge >= 0.3 is 0 Å². The minimum Gasteiger partial charge on any atom is -0.387 e. The van der Waals surface area contributed by atoms with Gasteiger partial charge in [-0.3, -0.25) is 0 Å². The molecular weight excluding hydrogens is 380 g/mol. The van der Waals surface area contributed by atoms with Crippen LogP contribution in [-0.2, 0) is 19.8 Å². The molecular formula is C25H26O5. The van der Waals surface area contributed by atoms with E-state index < -0.39 is 30.2 Å². The van der Waals surface area contributed by atoms with Gasteiger partial charge in [-0.2, -0.15) is 0 Å². The Morgan fingerprint density at radius 2 is 1.17 bits per heavy atom. The molecule has 5 nitrogen and oxygen atoms in total. The van der Waals surface area contributed by atoms with E-state index in [4.69, 9.17) is 14.2 Å². The Bertz CT molecular complexity index is 819. The molecule has 0 spiro atoms. The summed E-state index contributed by atoms with van der Waals surface area (Å²) in [5.74, 6) is 0. The maximum absolute atomic E-state index is 10.4. The molecule has 0 bridgehead atoms. The second-order valence-electron chi connectivity index (χ2n) is 7.35. The molecule has 2 N–H and O–H groups in total. The molecule has 0 radical (unpaired) electrons. The minimum atomic E-state index is -1.12. The van der Waals surface area contributed by atoms with Crippen LogP contribution in [-0.4, -0.2) is 48.5 Å². The van der Waals surface area contributed by atoms with Crippen molar-refractivity contribution in [3.8, 4) is 0 Å². The maximum Gasteiger partial charge on any atom is 0.186 e. The van der Waals surface area contributed by atoms with E-state index in [1.165, 1.54) is 7.11 Å². The van der Waals surface area contributed by atoms with Crippen molar-refractivity contribution in [1.29, 1.82) is 0 Å². The van der Waals surface area contributed by atoms with Crippen LogP contribution in [0.4, 0.5) is 0 Å². The highest BCUT2D eigenvalue weighted by Gasteiger charge is 2.45. The third kappa shape index (κ3) is 3.78. The number of methoxy groups -OCH3 is 1. The highest BCUT2D eigenvalue weighted by Crippen LogP contribution is 2.41. The Hall–Kier alpha value is -2.54. The maximum atomic E-state index is 10.4. The van der Waals surface area contributed by atoms with Gasteiger partial charge in [-0.1, -0.05) is 91.0 Å². The fourth-order valence-corrected chi connectivity index (χ4v) is 4.02. The molecule has 4 rings (SSSR count). The number of rotatable bonds is 7. The summed E-state index contributed by atoms with van der Waals surface area (Å²) in [7, 11) is 1.44. The zero-order valence-electron chi connectivity index (χ0n) is 16.8. The van der Waals surface area contributed by atoms with Gasteiger partial charge in [-0.25, -0.2) is 0 Å². The van der Waals surface area contributed by atoms with Gasteiger partial charge in [0, 0.05) is 7.11 Å². The van der Waals surface area contributed by atoms with Crippen LogP contribution in [0.15, 0.2) is 91.0 Å². The Morgan fingerprint density at radius 1 is 0.733 bits per heavy atom. The van der Waals surface area contributed by atoms with Crippen LogP contribution >= 0.6 is 0 Å². The second kappa shape index (κ2) is 9.08. The third-order valence-corrected chi connectivity index (χ3v) is 5.56. The third-order valence-electron chi connectivity index (χ3n) is 5.56. The average molecular weight is 406 g/mol. The number of ether oxygens (including phenoxy) is 3. The molecule has 0 amide bonds. The average Bonchev–Trinajstić information content (AvgIpc) is 3.09. The molecule has 1 heterocycles. The van der Waals surface area contributed by atoms with Crippen molar-refractivity contribution < 1.29 is 24.4 Å². The molecule has 1 saturated heterocycles. The van der Waals surface area contributed by atoms with E-state index in [9.17, 15) is 10.2 Å². The highest BCUT2D eigenvalue weighted by atomic mass is 16.7. The van der Waals surface area contributed by atoms with Crippen molar-refractivity contribution in [2.75, 3.05) is 13.7 Å². The van der Waals surface area contributed by atoms with Crippen molar-refractivity contribution >= 4 is 0 Å². The van der Waals surface area contributed by atoms with Gasteiger partial charge in [0.15, 0.2) is 6.29 Å². The van der Waals surface area contributed by atoms with E-state index in [1.54, 1.807) is 0 Å². The summed E-state index contributed by atoms with van der Waals surface area (Å²) >= 11 is 0. The topological polar surface area (TPSA) is 68.2 Å². The molecule has 3 aromatic rings. The lowest BCUT2D eigenvalue weighted by Crippen LogP contribution is -2.39. The summed E-state index contributed by atoms with van der Waals surface area (Å²) in [5, 5.41) is 20.6. The first-order chi connectivity index (χ1) is 14.7. The molecule has 30 heavy (non-hydrogen) atoms. The molecule has 5 heteroatoms. The molecule has 0 aromatic heterocycles. The molecule has 1 aliphatic rings. The number of aliphatic hydroxyl groups is 2. The first-order valence-corrected chi connectivity index (χ1v) is 10.0. The van der Waals surface area contributed by atoms with E-state index in [1.807, 2.05) is 91.0 Å². The Morgan fingerprint density at radius 3 is 1.53 bits per heavy atom. The number of aliphatic hydroxyl groups excluding tert-OH is 2. The summed E-state index contributed by atoms with van der Waals surface area (Å²) in [6.07, 6.45) is -3.83. The summed E-state index contributed by atoms with van der Waals surface area (Å²) in [4.78, 5) is 0. The minimum absolute atomic E-state index is 0.0662.